The predicted octanol–water partition coefficient (Wildman–Crippen LogP) is 3.29. The summed E-state index contributed by atoms with van der Waals surface area (Å²) in [4.78, 5) is 24.9. The van der Waals surface area contributed by atoms with E-state index in [0.717, 1.165) is 30.4 Å². The molecule has 4 heteroatoms. The second-order valence-corrected chi connectivity index (χ2v) is 5.58. The van der Waals surface area contributed by atoms with Gasteiger partial charge >= 0.3 is 5.97 Å². The monoisotopic (exact) mass is 310 g/mol. The normalized spacial score (nSPS) is 12.7. The number of carbonyl (C=O) groups is 2. The minimum Gasteiger partial charge on any atom is -0.507 e. The average molecular weight is 310 g/mol. The lowest BCUT2D eigenvalue weighted by atomic mass is 9.95. The molecule has 118 valence electrons. The van der Waals surface area contributed by atoms with Crippen molar-refractivity contribution in [1.29, 1.82) is 0 Å². The minimum atomic E-state index is -0.391. The zero-order valence-electron chi connectivity index (χ0n) is 13.0. The Kier molecular flexibility index (Phi) is 4.15. The lowest BCUT2D eigenvalue weighted by molar-refractivity contribution is 0.0525. The lowest BCUT2D eigenvalue weighted by Gasteiger charge is -2.11. The van der Waals surface area contributed by atoms with E-state index < -0.39 is 5.97 Å². The van der Waals surface area contributed by atoms with Crippen molar-refractivity contribution >= 4 is 11.8 Å². The second-order valence-electron chi connectivity index (χ2n) is 5.58. The highest BCUT2D eigenvalue weighted by Gasteiger charge is 2.24. The molecule has 0 spiro atoms. The van der Waals surface area contributed by atoms with Crippen LogP contribution in [0.3, 0.4) is 0 Å². The minimum absolute atomic E-state index is 0.0596. The van der Waals surface area contributed by atoms with Crippen LogP contribution >= 0.6 is 0 Å². The molecule has 1 N–H and O–H groups in total. The fourth-order valence-electron chi connectivity index (χ4n) is 3.05. The Morgan fingerprint density at radius 2 is 1.91 bits per heavy atom. The number of phenolic OH excluding ortho intramolecular Hbond substituents is 1. The molecule has 1 aliphatic carbocycles. The standard InChI is InChI=1S/C19H18O4/c1-2-23-19(22)16-11-13(10-12-6-5-8-14(12)16)18(21)15-7-3-4-9-17(15)20/h3-4,7,9-11,20H,2,5-6,8H2,1H3. The van der Waals surface area contributed by atoms with E-state index in [1.165, 1.54) is 6.07 Å². The van der Waals surface area contributed by atoms with Gasteiger partial charge in [0.2, 0.25) is 0 Å². The number of phenols is 1. The number of hydrogen-bond acceptors (Lipinski definition) is 4. The number of benzene rings is 2. The number of aryl methyl sites for hydroxylation is 1. The highest BCUT2D eigenvalue weighted by atomic mass is 16.5. The molecule has 0 saturated carbocycles. The van der Waals surface area contributed by atoms with Crippen LogP contribution in [0.4, 0.5) is 0 Å². The van der Waals surface area contributed by atoms with Gasteiger partial charge < -0.3 is 9.84 Å². The molecule has 3 rings (SSSR count). The van der Waals surface area contributed by atoms with Gasteiger partial charge in [0, 0.05) is 5.56 Å². The number of hydrogen-bond donors (Lipinski definition) is 1. The fraction of sp³-hybridized carbons (Fsp3) is 0.263. The largest absolute Gasteiger partial charge is 0.507 e. The van der Waals surface area contributed by atoms with E-state index in [9.17, 15) is 14.7 Å². The Balaban J connectivity index is 2.07. The Morgan fingerprint density at radius 1 is 1.13 bits per heavy atom. The lowest BCUT2D eigenvalue weighted by Crippen LogP contribution is -2.11. The van der Waals surface area contributed by atoms with E-state index in [1.807, 2.05) is 6.07 Å². The molecule has 0 fully saturated rings. The third-order valence-electron chi connectivity index (χ3n) is 4.12. The van der Waals surface area contributed by atoms with Crippen molar-refractivity contribution in [2.75, 3.05) is 6.61 Å². The zero-order valence-corrected chi connectivity index (χ0v) is 13.0. The summed E-state index contributed by atoms with van der Waals surface area (Å²) >= 11 is 0. The summed E-state index contributed by atoms with van der Waals surface area (Å²) in [5.74, 6) is -0.739. The second kappa shape index (κ2) is 6.24. The zero-order chi connectivity index (χ0) is 16.4. The quantitative estimate of drug-likeness (QED) is 0.695. The third kappa shape index (κ3) is 2.84. The van der Waals surface area contributed by atoms with Crippen LogP contribution in [0.25, 0.3) is 0 Å². The molecule has 0 bridgehead atoms. The first-order valence-electron chi connectivity index (χ1n) is 7.77. The van der Waals surface area contributed by atoms with Gasteiger partial charge in [-0.25, -0.2) is 4.79 Å². The van der Waals surface area contributed by atoms with Crippen LogP contribution in [0.5, 0.6) is 5.75 Å². The summed E-state index contributed by atoms with van der Waals surface area (Å²) in [6, 6.07) is 9.85. The topological polar surface area (TPSA) is 63.6 Å². The molecule has 0 radical (unpaired) electrons. The van der Waals surface area contributed by atoms with Gasteiger partial charge in [-0.3, -0.25) is 4.79 Å². The van der Waals surface area contributed by atoms with Gasteiger partial charge in [0.25, 0.3) is 0 Å². The van der Waals surface area contributed by atoms with Gasteiger partial charge in [0.15, 0.2) is 5.78 Å². The SMILES string of the molecule is CCOC(=O)c1cc(C(=O)c2ccccc2O)cc2c1CCC2. The molecule has 23 heavy (non-hydrogen) atoms. The predicted molar refractivity (Wildman–Crippen MR) is 86.0 cm³/mol. The maximum Gasteiger partial charge on any atom is 0.338 e. The summed E-state index contributed by atoms with van der Waals surface area (Å²) < 4.78 is 5.12. The number of carbonyl (C=O) groups excluding carboxylic acids is 2. The number of rotatable bonds is 4. The van der Waals surface area contributed by atoms with Crippen molar-refractivity contribution in [2.24, 2.45) is 0 Å². The molecule has 0 aromatic heterocycles. The Bertz CT molecular complexity index is 777. The molecular weight excluding hydrogens is 292 g/mol. The first-order valence-corrected chi connectivity index (χ1v) is 7.77. The molecule has 0 saturated heterocycles. The number of ether oxygens (including phenoxy) is 1. The Morgan fingerprint density at radius 3 is 2.65 bits per heavy atom. The van der Waals surface area contributed by atoms with Gasteiger partial charge in [-0.2, -0.15) is 0 Å². The molecule has 0 unspecified atom stereocenters. The number of esters is 1. The van der Waals surface area contributed by atoms with Crippen LogP contribution in [-0.2, 0) is 17.6 Å². The first kappa shape index (κ1) is 15.3. The molecule has 0 amide bonds. The smallest absolute Gasteiger partial charge is 0.338 e. The van der Waals surface area contributed by atoms with Crippen molar-refractivity contribution < 1.29 is 19.4 Å². The van der Waals surface area contributed by atoms with Crippen molar-refractivity contribution in [3.8, 4) is 5.75 Å². The number of fused-ring (bicyclic) bond motifs is 1. The van der Waals surface area contributed by atoms with Crippen LogP contribution in [0.2, 0.25) is 0 Å². The van der Waals surface area contributed by atoms with E-state index >= 15 is 0 Å². The maximum absolute atomic E-state index is 12.7. The number of para-hydroxylation sites is 1. The van der Waals surface area contributed by atoms with E-state index in [2.05, 4.69) is 0 Å². The Labute approximate surface area is 134 Å². The average Bonchev–Trinajstić information content (AvgIpc) is 3.02. The summed E-state index contributed by atoms with van der Waals surface area (Å²) in [6.45, 7) is 2.06. The van der Waals surface area contributed by atoms with Crippen molar-refractivity contribution in [1.82, 2.24) is 0 Å². The summed E-state index contributed by atoms with van der Waals surface area (Å²) in [5.41, 5.74) is 3.13. The molecule has 2 aromatic carbocycles. The van der Waals surface area contributed by atoms with Crippen molar-refractivity contribution in [2.45, 2.75) is 26.2 Å². The first-order chi connectivity index (χ1) is 11.1. The van der Waals surface area contributed by atoms with Crippen LogP contribution < -0.4 is 0 Å². The van der Waals surface area contributed by atoms with Gasteiger partial charge in [0.05, 0.1) is 17.7 Å². The Hall–Kier alpha value is -2.62. The van der Waals surface area contributed by atoms with E-state index in [-0.39, 0.29) is 17.1 Å². The summed E-state index contributed by atoms with van der Waals surface area (Å²) in [6.07, 6.45) is 2.65. The van der Waals surface area contributed by atoms with Gasteiger partial charge in [-0.1, -0.05) is 12.1 Å². The van der Waals surface area contributed by atoms with E-state index in [1.54, 1.807) is 31.2 Å². The van der Waals surface area contributed by atoms with Crippen molar-refractivity contribution in [3.05, 3.63) is 64.2 Å². The molecule has 1 aliphatic rings. The molecule has 0 atom stereocenters. The van der Waals surface area contributed by atoms with Crippen LogP contribution in [0.1, 0.15) is 50.8 Å². The fourth-order valence-corrected chi connectivity index (χ4v) is 3.05. The maximum atomic E-state index is 12.7. The highest BCUT2D eigenvalue weighted by molar-refractivity contribution is 6.11. The van der Waals surface area contributed by atoms with Crippen LogP contribution in [-0.4, -0.2) is 23.5 Å². The van der Waals surface area contributed by atoms with Crippen LogP contribution in [0, 0.1) is 0 Å². The summed E-state index contributed by atoms with van der Waals surface area (Å²) in [5, 5.41) is 9.89. The van der Waals surface area contributed by atoms with Crippen molar-refractivity contribution in [3.63, 3.8) is 0 Å². The van der Waals surface area contributed by atoms with E-state index in [0.29, 0.717) is 17.7 Å². The van der Waals surface area contributed by atoms with Gasteiger partial charge in [-0.15, -0.1) is 0 Å². The van der Waals surface area contributed by atoms with Crippen LogP contribution in [0.15, 0.2) is 36.4 Å². The van der Waals surface area contributed by atoms with Gasteiger partial charge in [0.1, 0.15) is 5.75 Å². The molecule has 0 aliphatic heterocycles. The third-order valence-corrected chi connectivity index (χ3v) is 4.12. The number of ketones is 1. The number of aromatic hydroxyl groups is 1. The molecule has 0 heterocycles. The molecule has 2 aromatic rings. The highest BCUT2D eigenvalue weighted by Crippen LogP contribution is 2.29. The molecular formula is C19H18O4. The summed E-state index contributed by atoms with van der Waals surface area (Å²) in [7, 11) is 0. The van der Waals surface area contributed by atoms with E-state index in [4.69, 9.17) is 4.74 Å². The van der Waals surface area contributed by atoms with Gasteiger partial charge in [-0.05, 0) is 61.6 Å². The molecule has 4 nitrogen and oxygen atoms in total.